The summed E-state index contributed by atoms with van der Waals surface area (Å²) in [7, 11) is -2.34. The van der Waals surface area contributed by atoms with Gasteiger partial charge in [0, 0.05) is 32.3 Å². The predicted molar refractivity (Wildman–Crippen MR) is 102 cm³/mol. The first-order valence-electron chi connectivity index (χ1n) is 9.31. The highest BCUT2D eigenvalue weighted by atomic mass is 32.2. The lowest BCUT2D eigenvalue weighted by Crippen LogP contribution is -2.42. The maximum atomic E-state index is 13.0. The molecule has 0 bridgehead atoms. The molecule has 0 saturated carbocycles. The topological polar surface area (TPSA) is 66.9 Å². The van der Waals surface area contributed by atoms with Crippen molar-refractivity contribution in [1.29, 1.82) is 0 Å². The van der Waals surface area contributed by atoms with Crippen molar-refractivity contribution in [2.45, 2.75) is 31.6 Å². The van der Waals surface area contributed by atoms with Gasteiger partial charge in [-0.05, 0) is 36.5 Å². The first kappa shape index (κ1) is 22.7. The third-order valence-electron chi connectivity index (χ3n) is 4.77. The van der Waals surface area contributed by atoms with Crippen LogP contribution in [-0.2, 0) is 14.8 Å². The van der Waals surface area contributed by atoms with Crippen LogP contribution in [0.15, 0.2) is 29.2 Å². The van der Waals surface area contributed by atoms with E-state index in [1.54, 1.807) is 0 Å². The Kier molecular flexibility index (Phi) is 7.91. The fourth-order valence-electron chi connectivity index (χ4n) is 3.57. The molecule has 1 saturated heterocycles. The van der Waals surface area contributed by atoms with E-state index in [9.17, 15) is 22.0 Å². The van der Waals surface area contributed by atoms with Gasteiger partial charge in [0.05, 0.1) is 18.0 Å². The molecule has 0 N–H and O–H groups in total. The molecule has 2 rings (SSSR count). The first-order chi connectivity index (χ1) is 13.1. The van der Waals surface area contributed by atoms with Gasteiger partial charge in [-0.25, -0.2) is 17.2 Å². The number of carbonyl (C=O) groups excluding carboxylic acids is 1. The zero-order valence-electron chi connectivity index (χ0n) is 16.5. The number of rotatable bonds is 8. The second kappa shape index (κ2) is 9.76. The van der Waals surface area contributed by atoms with E-state index in [4.69, 9.17) is 4.74 Å². The molecular formula is C19H28F2N2O4S. The zero-order chi connectivity index (χ0) is 20.9. The van der Waals surface area contributed by atoms with Gasteiger partial charge in [0.25, 0.3) is 12.3 Å². The van der Waals surface area contributed by atoms with Gasteiger partial charge in [-0.15, -0.1) is 0 Å². The minimum absolute atomic E-state index is 0.00218. The molecule has 1 amide bonds. The van der Waals surface area contributed by atoms with Crippen molar-refractivity contribution in [1.82, 2.24) is 9.21 Å². The maximum Gasteiger partial charge on any atom is 0.255 e. The Hall–Kier alpha value is -1.58. The van der Waals surface area contributed by atoms with Gasteiger partial charge >= 0.3 is 0 Å². The van der Waals surface area contributed by atoms with Gasteiger partial charge in [0.1, 0.15) is 0 Å². The molecule has 9 heteroatoms. The summed E-state index contributed by atoms with van der Waals surface area (Å²) in [6.07, 6.45) is -1.73. The van der Waals surface area contributed by atoms with Gasteiger partial charge in [-0.3, -0.25) is 4.79 Å². The quantitative estimate of drug-likeness (QED) is 0.651. The molecule has 2 unspecified atom stereocenters. The molecule has 1 heterocycles. The van der Waals surface area contributed by atoms with E-state index >= 15 is 0 Å². The minimum atomic E-state index is -3.76. The number of sulfonamides is 1. The van der Waals surface area contributed by atoms with Gasteiger partial charge in [-0.2, -0.15) is 4.31 Å². The summed E-state index contributed by atoms with van der Waals surface area (Å²) in [6.45, 7) is 4.25. The number of ether oxygens (including phenoxy) is 1. The number of benzene rings is 1. The van der Waals surface area contributed by atoms with Gasteiger partial charge in [0.15, 0.2) is 0 Å². The molecule has 1 aliphatic rings. The Morgan fingerprint density at radius 3 is 2.50 bits per heavy atom. The summed E-state index contributed by atoms with van der Waals surface area (Å²) < 4.78 is 58.1. The number of hydrogen-bond acceptors (Lipinski definition) is 4. The van der Waals surface area contributed by atoms with Crippen LogP contribution < -0.4 is 0 Å². The van der Waals surface area contributed by atoms with E-state index in [-0.39, 0.29) is 35.4 Å². The number of alkyl halides is 2. The highest BCUT2D eigenvalue weighted by Crippen LogP contribution is 2.27. The van der Waals surface area contributed by atoms with Crippen LogP contribution in [0, 0.1) is 11.8 Å². The molecule has 2 atom stereocenters. The lowest BCUT2D eigenvalue weighted by atomic mass is 9.94. The van der Waals surface area contributed by atoms with E-state index in [0.29, 0.717) is 13.1 Å². The second-order valence-electron chi connectivity index (χ2n) is 7.43. The number of amides is 1. The molecule has 6 nitrogen and oxygen atoms in total. The van der Waals surface area contributed by atoms with Crippen LogP contribution in [-0.4, -0.2) is 69.9 Å². The van der Waals surface area contributed by atoms with E-state index in [0.717, 1.165) is 11.3 Å². The van der Waals surface area contributed by atoms with Gasteiger partial charge in [0.2, 0.25) is 10.0 Å². The summed E-state index contributed by atoms with van der Waals surface area (Å²) in [5.41, 5.74) is 0.0657. The van der Waals surface area contributed by atoms with Crippen LogP contribution in [0.3, 0.4) is 0 Å². The van der Waals surface area contributed by atoms with Crippen molar-refractivity contribution >= 4 is 15.9 Å². The van der Waals surface area contributed by atoms with Crippen molar-refractivity contribution < 1.29 is 26.7 Å². The third kappa shape index (κ3) is 5.71. The van der Waals surface area contributed by atoms with Crippen LogP contribution in [0.25, 0.3) is 0 Å². The van der Waals surface area contributed by atoms with Crippen molar-refractivity contribution in [2.75, 3.05) is 39.9 Å². The van der Waals surface area contributed by atoms with Crippen molar-refractivity contribution in [3.05, 3.63) is 29.8 Å². The van der Waals surface area contributed by atoms with E-state index in [2.05, 4.69) is 0 Å². The summed E-state index contributed by atoms with van der Waals surface area (Å²) >= 11 is 0. The molecule has 0 aliphatic carbocycles. The Labute approximate surface area is 165 Å². The van der Waals surface area contributed by atoms with Crippen LogP contribution >= 0.6 is 0 Å². The Bertz CT molecular complexity index is 763. The monoisotopic (exact) mass is 418 g/mol. The zero-order valence-corrected chi connectivity index (χ0v) is 17.3. The molecule has 28 heavy (non-hydrogen) atoms. The van der Waals surface area contributed by atoms with Gasteiger partial charge < -0.3 is 9.64 Å². The average Bonchev–Trinajstić information content (AvgIpc) is 2.63. The number of carbonyl (C=O) groups is 1. The highest BCUT2D eigenvalue weighted by Gasteiger charge is 2.32. The SMILES string of the molecule is COCCN(CC(F)F)C(=O)c1cccc(S(=O)(=O)N2CC(C)CC(C)C2)c1. The van der Waals surface area contributed by atoms with Gasteiger partial charge in [-0.1, -0.05) is 19.9 Å². The molecule has 0 radical (unpaired) electrons. The molecule has 1 fully saturated rings. The van der Waals surface area contributed by atoms with Crippen LogP contribution in [0.1, 0.15) is 30.6 Å². The van der Waals surface area contributed by atoms with Crippen LogP contribution in [0.5, 0.6) is 0 Å². The van der Waals surface area contributed by atoms with Crippen molar-refractivity contribution in [2.24, 2.45) is 11.8 Å². The molecular weight excluding hydrogens is 390 g/mol. The smallest absolute Gasteiger partial charge is 0.255 e. The number of piperidine rings is 1. The molecule has 1 aromatic rings. The number of hydrogen-bond donors (Lipinski definition) is 0. The van der Waals surface area contributed by atoms with E-state index < -0.39 is 28.9 Å². The summed E-state index contributed by atoms with van der Waals surface area (Å²) in [5.74, 6) is -0.146. The number of nitrogens with zero attached hydrogens (tertiary/aromatic N) is 2. The van der Waals surface area contributed by atoms with Crippen molar-refractivity contribution in [3.63, 3.8) is 0 Å². The molecule has 0 aromatic heterocycles. The maximum absolute atomic E-state index is 13.0. The molecule has 1 aliphatic heterocycles. The lowest BCUT2D eigenvalue weighted by Gasteiger charge is -2.34. The van der Waals surface area contributed by atoms with E-state index in [1.165, 1.54) is 35.7 Å². The largest absolute Gasteiger partial charge is 0.383 e. The Morgan fingerprint density at radius 1 is 1.29 bits per heavy atom. The van der Waals surface area contributed by atoms with E-state index in [1.807, 2.05) is 13.8 Å². The van der Waals surface area contributed by atoms with Crippen molar-refractivity contribution in [3.8, 4) is 0 Å². The molecule has 0 spiro atoms. The lowest BCUT2D eigenvalue weighted by molar-refractivity contribution is 0.0478. The summed E-state index contributed by atoms with van der Waals surface area (Å²) in [4.78, 5) is 13.7. The highest BCUT2D eigenvalue weighted by molar-refractivity contribution is 7.89. The fourth-order valence-corrected chi connectivity index (χ4v) is 5.29. The van der Waals surface area contributed by atoms with Crippen LogP contribution in [0.2, 0.25) is 0 Å². The predicted octanol–water partition coefficient (Wildman–Crippen LogP) is 2.71. The molecule has 1 aromatic carbocycles. The Morgan fingerprint density at radius 2 is 1.93 bits per heavy atom. The average molecular weight is 419 g/mol. The number of methoxy groups -OCH3 is 1. The number of halogens is 2. The summed E-state index contributed by atoms with van der Waals surface area (Å²) in [5, 5.41) is 0. The normalized spacial score (nSPS) is 21.1. The molecule has 158 valence electrons. The van der Waals surface area contributed by atoms with Crippen LogP contribution in [0.4, 0.5) is 8.78 Å². The first-order valence-corrected chi connectivity index (χ1v) is 10.8. The Balaban J connectivity index is 2.27. The minimum Gasteiger partial charge on any atom is -0.383 e. The second-order valence-corrected chi connectivity index (χ2v) is 9.37. The third-order valence-corrected chi connectivity index (χ3v) is 6.59. The fraction of sp³-hybridized carbons (Fsp3) is 0.632. The summed E-state index contributed by atoms with van der Waals surface area (Å²) in [6, 6.07) is 5.61. The standard InChI is InChI=1S/C19H28F2N2O4S/c1-14-9-15(2)12-23(11-14)28(25,26)17-6-4-5-16(10-17)19(24)22(7-8-27-3)13-18(20)21/h4-6,10,14-15,18H,7-9,11-13H2,1-3H3.